The molecule has 100 valence electrons. The highest BCUT2D eigenvalue weighted by atomic mass is 32.1. The molecule has 1 aliphatic carbocycles. The zero-order valence-electron chi connectivity index (χ0n) is 11.0. The maximum absolute atomic E-state index is 12.5. The normalized spacial score (nSPS) is 21.5. The lowest BCUT2D eigenvalue weighted by molar-refractivity contribution is 0.0763. The van der Waals surface area contributed by atoms with Gasteiger partial charge in [0.05, 0.1) is 5.56 Å². The van der Waals surface area contributed by atoms with Gasteiger partial charge in [0.1, 0.15) is 10.9 Å². The third kappa shape index (κ3) is 2.28. The van der Waals surface area contributed by atoms with E-state index < -0.39 is 0 Å². The summed E-state index contributed by atoms with van der Waals surface area (Å²) in [6, 6.07) is 3.85. The van der Waals surface area contributed by atoms with Gasteiger partial charge in [-0.05, 0) is 36.1 Å². The molecule has 1 aromatic heterocycles. The molecule has 2 heterocycles. The van der Waals surface area contributed by atoms with Crippen LogP contribution >= 0.6 is 11.3 Å². The molecular formula is C15H18N2OS. The second kappa shape index (κ2) is 4.97. The van der Waals surface area contributed by atoms with Crippen molar-refractivity contribution in [3.8, 4) is 6.07 Å². The Kier molecular flexibility index (Phi) is 3.32. The first-order valence-corrected chi connectivity index (χ1v) is 7.89. The first-order valence-electron chi connectivity index (χ1n) is 7.01. The van der Waals surface area contributed by atoms with Crippen LogP contribution in [0, 0.1) is 16.7 Å². The van der Waals surface area contributed by atoms with Gasteiger partial charge < -0.3 is 4.90 Å². The van der Waals surface area contributed by atoms with Crippen LogP contribution in [0.3, 0.4) is 0 Å². The first kappa shape index (κ1) is 12.7. The third-order valence-electron chi connectivity index (χ3n) is 4.62. The van der Waals surface area contributed by atoms with Crippen molar-refractivity contribution >= 4 is 17.2 Å². The molecule has 0 atom stereocenters. The summed E-state index contributed by atoms with van der Waals surface area (Å²) in [4.78, 5) is 15.1. The van der Waals surface area contributed by atoms with Crippen LogP contribution in [0.5, 0.6) is 0 Å². The summed E-state index contributed by atoms with van der Waals surface area (Å²) in [5.74, 6) is 0.0639. The fourth-order valence-corrected chi connectivity index (χ4v) is 4.34. The summed E-state index contributed by atoms with van der Waals surface area (Å²) < 4.78 is 0. The second-order valence-corrected chi connectivity index (χ2v) is 6.73. The van der Waals surface area contributed by atoms with E-state index in [0.29, 0.717) is 15.9 Å². The van der Waals surface area contributed by atoms with Gasteiger partial charge in [-0.25, -0.2) is 0 Å². The molecule has 3 nitrogen and oxygen atoms in total. The Morgan fingerprint density at radius 1 is 1.32 bits per heavy atom. The molecule has 0 N–H and O–H groups in total. The fourth-order valence-electron chi connectivity index (χ4n) is 3.52. The molecule has 1 spiro atoms. The van der Waals surface area contributed by atoms with Crippen LogP contribution in [-0.4, -0.2) is 23.9 Å². The zero-order valence-corrected chi connectivity index (χ0v) is 11.8. The molecule has 2 fully saturated rings. The van der Waals surface area contributed by atoms with Crippen molar-refractivity contribution in [2.24, 2.45) is 5.41 Å². The highest BCUT2D eigenvalue weighted by Gasteiger charge is 2.41. The molecule has 0 bridgehead atoms. The molecule has 0 radical (unpaired) electrons. The predicted octanol–water partition coefficient (Wildman–Crippen LogP) is 3.42. The van der Waals surface area contributed by atoms with E-state index in [9.17, 15) is 4.79 Å². The van der Waals surface area contributed by atoms with E-state index in [0.717, 1.165) is 19.5 Å². The number of nitriles is 1. The summed E-state index contributed by atoms with van der Waals surface area (Å²) in [5, 5.41) is 10.9. The SMILES string of the molecule is N#Cc1ccsc1C(=O)N1CCC2(CCCCC2)C1. The quantitative estimate of drug-likeness (QED) is 0.787. The standard InChI is InChI=1S/C15H18N2OS/c16-10-12-4-9-19-13(12)14(18)17-8-7-15(11-17)5-2-1-3-6-15/h4,9H,1-3,5-8,11H2. The number of rotatable bonds is 1. The number of amides is 1. The topological polar surface area (TPSA) is 44.1 Å². The maximum atomic E-state index is 12.5. The molecule has 1 saturated carbocycles. The smallest absolute Gasteiger partial charge is 0.265 e. The lowest BCUT2D eigenvalue weighted by atomic mass is 9.73. The van der Waals surface area contributed by atoms with Gasteiger partial charge in [-0.3, -0.25) is 4.79 Å². The van der Waals surface area contributed by atoms with Gasteiger partial charge in [-0.15, -0.1) is 11.3 Å². The van der Waals surface area contributed by atoms with Gasteiger partial charge >= 0.3 is 0 Å². The minimum atomic E-state index is 0.0639. The van der Waals surface area contributed by atoms with E-state index >= 15 is 0 Å². The highest BCUT2D eigenvalue weighted by molar-refractivity contribution is 7.12. The molecule has 1 amide bonds. The van der Waals surface area contributed by atoms with Crippen LogP contribution < -0.4 is 0 Å². The lowest BCUT2D eigenvalue weighted by Crippen LogP contribution is -2.33. The Bertz CT molecular complexity index is 522. The Balaban J connectivity index is 1.74. The van der Waals surface area contributed by atoms with E-state index in [1.807, 2.05) is 10.3 Å². The van der Waals surface area contributed by atoms with Crippen LogP contribution in [0.25, 0.3) is 0 Å². The molecule has 0 unspecified atom stereocenters. The van der Waals surface area contributed by atoms with Gasteiger partial charge in [0.2, 0.25) is 0 Å². The van der Waals surface area contributed by atoms with E-state index in [1.54, 1.807) is 6.07 Å². The summed E-state index contributed by atoms with van der Waals surface area (Å²) in [7, 11) is 0. The number of hydrogen-bond donors (Lipinski definition) is 0. The Morgan fingerprint density at radius 2 is 2.11 bits per heavy atom. The minimum Gasteiger partial charge on any atom is -0.337 e. The van der Waals surface area contributed by atoms with E-state index in [1.165, 1.54) is 43.4 Å². The van der Waals surface area contributed by atoms with Gasteiger partial charge in [0, 0.05) is 13.1 Å². The highest BCUT2D eigenvalue weighted by Crippen LogP contribution is 2.44. The van der Waals surface area contributed by atoms with Gasteiger partial charge in [0.15, 0.2) is 0 Å². The number of nitrogens with zero attached hydrogens (tertiary/aromatic N) is 2. The Hall–Kier alpha value is -1.34. The number of carbonyl (C=O) groups excluding carboxylic acids is 1. The zero-order chi connectivity index (χ0) is 13.3. The van der Waals surface area contributed by atoms with Crippen LogP contribution in [0.2, 0.25) is 0 Å². The molecule has 19 heavy (non-hydrogen) atoms. The lowest BCUT2D eigenvalue weighted by Gasteiger charge is -2.33. The van der Waals surface area contributed by atoms with Crippen molar-refractivity contribution < 1.29 is 4.79 Å². The first-order chi connectivity index (χ1) is 9.24. The molecule has 4 heteroatoms. The minimum absolute atomic E-state index is 0.0639. The van der Waals surface area contributed by atoms with Crippen molar-refractivity contribution in [3.05, 3.63) is 21.9 Å². The molecular weight excluding hydrogens is 256 g/mol. The summed E-state index contributed by atoms with van der Waals surface area (Å²) in [6.07, 6.45) is 7.65. The van der Waals surface area contributed by atoms with Crippen LogP contribution in [-0.2, 0) is 0 Å². The summed E-state index contributed by atoms with van der Waals surface area (Å²) >= 11 is 1.39. The van der Waals surface area contributed by atoms with Crippen molar-refractivity contribution in [1.82, 2.24) is 4.90 Å². The van der Waals surface area contributed by atoms with E-state index in [4.69, 9.17) is 5.26 Å². The van der Waals surface area contributed by atoms with Gasteiger partial charge in [-0.1, -0.05) is 19.3 Å². The van der Waals surface area contributed by atoms with E-state index in [2.05, 4.69) is 6.07 Å². The van der Waals surface area contributed by atoms with Crippen LogP contribution in [0.15, 0.2) is 11.4 Å². The molecule has 3 rings (SSSR count). The predicted molar refractivity (Wildman–Crippen MR) is 75.1 cm³/mol. The molecule has 1 saturated heterocycles. The van der Waals surface area contributed by atoms with E-state index in [-0.39, 0.29) is 5.91 Å². The van der Waals surface area contributed by atoms with Crippen molar-refractivity contribution in [3.63, 3.8) is 0 Å². The number of thiophene rings is 1. The molecule has 0 aromatic carbocycles. The second-order valence-electron chi connectivity index (χ2n) is 5.81. The Morgan fingerprint density at radius 3 is 2.84 bits per heavy atom. The van der Waals surface area contributed by atoms with Gasteiger partial charge in [0.25, 0.3) is 5.91 Å². The summed E-state index contributed by atoms with van der Waals surface area (Å²) in [5.41, 5.74) is 0.914. The van der Waals surface area contributed by atoms with Crippen molar-refractivity contribution in [1.29, 1.82) is 5.26 Å². The largest absolute Gasteiger partial charge is 0.337 e. The third-order valence-corrected chi connectivity index (χ3v) is 5.52. The average Bonchev–Trinajstić information content (AvgIpc) is 3.06. The van der Waals surface area contributed by atoms with Crippen LogP contribution in [0.4, 0.5) is 0 Å². The maximum Gasteiger partial charge on any atom is 0.265 e. The fraction of sp³-hybridized carbons (Fsp3) is 0.600. The number of hydrogen-bond acceptors (Lipinski definition) is 3. The molecule has 2 aliphatic rings. The Labute approximate surface area is 117 Å². The number of carbonyl (C=O) groups is 1. The average molecular weight is 274 g/mol. The van der Waals surface area contributed by atoms with Gasteiger partial charge in [-0.2, -0.15) is 5.26 Å². The van der Waals surface area contributed by atoms with Crippen molar-refractivity contribution in [2.45, 2.75) is 38.5 Å². The molecule has 1 aromatic rings. The number of likely N-dealkylation sites (tertiary alicyclic amines) is 1. The summed E-state index contributed by atoms with van der Waals surface area (Å²) in [6.45, 7) is 1.76. The van der Waals surface area contributed by atoms with Crippen LogP contribution in [0.1, 0.15) is 53.8 Å². The van der Waals surface area contributed by atoms with Crippen molar-refractivity contribution in [2.75, 3.05) is 13.1 Å². The molecule has 1 aliphatic heterocycles. The monoisotopic (exact) mass is 274 g/mol.